The molecule has 2 N–H and O–H groups in total. The number of fused-ring (bicyclic) bond motifs is 1. The fraction of sp³-hybridized carbons (Fsp3) is 0.609. The summed E-state index contributed by atoms with van der Waals surface area (Å²) in [5.74, 6) is 0.404. The Bertz CT molecular complexity index is 709. The zero-order chi connectivity index (χ0) is 21.2. The predicted octanol–water partition coefficient (Wildman–Crippen LogP) is 2.97. The maximum absolute atomic E-state index is 12.3. The van der Waals surface area contributed by atoms with Gasteiger partial charge >= 0.3 is 0 Å². The highest BCUT2D eigenvalue weighted by Gasteiger charge is 2.34. The van der Waals surface area contributed by atoms with Gasteiger partial charge in [0.15, 0.2) is 5.96 Å². The van der Waals surface area contributed by atoms with Crippen molar-refractivity contribution >= 4 is 17.8 Å². The van der Waals surface area contributed by atoms with Gasteiger partial charge in [-0.25, -0.2) is 0 Å². The number of guanidine groups is 1. The molecule has 1 fully saturated rings. The summed E-state index contributed by atoms with van der Waals surface area (Å²) in [5, 5.41) is 6.59. The molecule has 1 aliphatic carbocycles. The third-order valence-electron chi connectivity index (χ3n) is 5.72. The van der Waals surface area contributed by atoms with Crippen molar-refractivity contribution in [3.05, 3.63) is 35.4 Å². The van der Waals surface area contributed by atoms with Crippen LogP contribution in [0.5, 0.6) is 0 Å². The zero-order valence-electron chi connectivity index (χ0n) is 18.0. The molecule has 3 rings (SSSR count). The number of nitrogens with one attached hydrogen (secondary N) is 2. The number of amides is 2. The van der Waals surface area contributed by atoms with Gasteiger partial charge in [0, 0.05) is 33.3 Å². The maximum atomic E-state index is 12.3. The van der Waals surface area contributed by atoms with Gasteiger partial charge in [0.1, 0.15) is 0 Å². The first-order chi connectivity index (χ1) is 14.7. The lowest BCUT2D eigenvalue weighted by Crippen LogP contribution is -2.39. The summed E-state index contributed by atoms with van der Waals surface area (Å²) in [6, 6.07) is 7.01. The van der Waals surface area contributed by atoms with Crippen LogP contribution in [0, 0.1) is 0 Å². The number of imide groups is 1. The Balaban J connectivity index is 1.25. The highest BCUT2D eigenvalue weighted by molar-refractivity contribution is 6.21. The first kappa shape index (κ1) is 22.3. The van der Waals surface area contributed by atoms with Crippen molar-refractivity contribution in [2.45, 2.75) is 57.5 Å². The van der Waals surface area contributed by atoms with Gasteiger partial charge in [-0.05, 0) is 44.2 Å². The molecule has 0 aromatic heterocycles. The van der Waals surface area contributed by atoms with Crippen LogP contribution in [-0.4, -0.2) is 62.1 Å². The molecule has 0 unspecified atom stereocenters. The smallest absolute Gasteiger partial charge is 0.261 e. The molecule has 30 heavy (non-hydrogen) atoms. The van der Waals surface area contributed by atoms with Crippen molar-refractivity contribution in [3.8, 4) is 0 Å². The maximum Gasteiger partial charge on any atom is 0.261 e. The molecule has 0 atom stereocenters. The summed E-state index contributed by atoms with van der Waals surface area (Å²) in [6.07, 6.45) is 9.37. The van der Waals surface area contributed by atoms with Crippen LogP contribution in [0.3, 0.4) is 0 Å². The molecule has 1 saturated carbocycles. The number of hydrogen-bond acceptors (Lipinski definition) is 4. The number of rotatable bonds is 10. The average Bonchev–Trinajstić information content (AvgIpc) is 3.03. The summed E-state index contributed by atoms with van der Waals surface area (Å²) >= 11 is 0. The molecule has 2 amide bonds. The fourth-order valence-electron chi connectivity index (χ4n) is 4.03. The lowest BCUT2D eigenvalue weighted by atomic mass is 9.98. The van der Waals surface area contributed by atoms with Crippen LogP contribution < -0.4 is 10.6 Å². The molecular formula is C23H34N4O3. The van der Waals surface area contributed by atoms with Gasteiger partial charge < -0.3 is 15.4 Å². The number of ether oxygens (including phenoxy) is 1. The molecule has 0 bridgehead atoms. The first-order valence-corrected chi connectivity index (χ1v) is 11.2. The Labute approximate surface area is 179 Å². The monoisotopic (exact) mass is 414 g/mol. The summed E-state index contributed by atoms with van der Waals surface area (Å²) < 4.78 is 5.94. The molecular weight excluding hydrogens is 380 g/mol. The van der Waals surface area contributed by atoms with E-state index in [9.17, 15) is 9.59 Å². The quantitative estimate of drug-likeness (QED) is 0.266. The Kier molecular flexibility index (Phi) is 8.68. The van der Waals surface area contributed by atoms with Crippen molar-refractivity contribution < 1.29 is 14.3 Å². The van der Waals surface area contributed by atoms with Crippen LogP contribution in [0.2, 0.25) is 0 Å². The molecule has 1 aromatic rings. The first-order valence-electron chi connectivity index (χ1n) is 11.2. The van der Waals surface area contributed by atoms with Gasteiger partial charge in [0.25, 0.3) is 11.8 Å². The number of carbonyl (C=O) groups is 2. The van der Waals surface area contributed by atoms with E-state index in [2.05, 4.69) is 15.6 Å². The lowest BCUT2D eigenvalue weighted by molar-refractivity contribution is 0.0277. The molecule has 7 nitrogen and oxygen atoms in total. The largest absolute Gasteiger partial charge is 0.378 e. The second kappa shape index (κ2) is 11.7. The molecule has 1 aliphatic heterocycles. The number of nitrogens with zero attached hydrogens (tertiary/aromatic N) is 2. The third-order valence-corrected chi connectivity index (χ3v) is 5.72. The highest BCUT2D eigenvalue weighted by atomic mass is 16.5. The van der Waals surface area contributed by atoms with E-state index in [0.29, 0.717) is 23.8 Å². The SMILES string of the molecule is CN=C(NCCCCN1C(=O)c2ccccc2C1=O)NCCCOC1CCCCC1. The second-order valence-electron chi connectivity index (χ2n) is 7.92. The van der Waals surface area contributed by atoms with E-state index in [1.54, 1.807) is 31.3 Å². The molecule has 1 aromatic carbocycles. The van der Waals surface area contributed by atoms with Crippen LogP contribution in [0.25, 0.3) is 0 Å². The lowest BCUT2D eigenvalue weighted by Gasteiger charge is -2.22. The van der Waals surface area contributed by atoms with Gasteiger partial charge in [-0.2, -0.15) is 0 Å². The molecule has 0 saturated heterocycles. The van der Waals surface area contributed by atoms with Gasteiger partial charge in [0.05, 0.1) is 17.2 Å². The molecule has 2 aliphatic rings. The minimum absolute atomic E-state index is 0.184. The zero-order valence-corrected chi connectivity index (χ0v) is 18.0. The second-order valence-corrected chi connectivity index (χ2v) is 7.92. The van der Waals surface area contributed by atoms with E-state index in [4.69, 9.17) is 4.74 Å². The average molecular weight is 415 g/mol. The van der Waals surface area contributed by atoms with E-state index in [0.717, 1.165) is 44.9 Å². The van der Waals surface area contributed by atoms with Crippen LogP contribution in [0.15, 0.2) is 29.3 Å². The van der Waals surface area contributed by atoms with Crippen molar-refractivity contribution in [3.63, 3.8) is 0 Å². The van der Waals surface area contributed by atoms with E-state index < -0.39 is 0 Å². The minimum atomic E-state index is -0.184. The van der Waals surface area contributed by atoms with E-state index in [1.807, 2.05) is 0 Å². The van der Waals surface area contributed by atoms with Gasteiger partial charge in [0.2, 0.25) is 0 Å². The van der Waals surface area contributed by atoms with Crippen molar-refractivity contribution in [1.29, 1.82) is 0 Å². The fourth-order valence-corrected chi connectivity index (χ4v) is 4.03. The normalized spacial score (nSPS) is 17.4. The Morgan fingerprint density at radius 1 is 1.00 bits per heavy atom. The summed E-state index contributed by atoms with van der Waals surface area (Å²) in [7, 11) is 1.76. The number of unbranched alkanes of at least 4 members (excludes halogenated alkanes) is 1. The van der Waals surface area contributed by atoms with Crippen LogP contribution in [0.1, 0.15) is 72.1 Å². The van der Waals surface area contributed by atoms with Gasteiger partial charge in [-0.3, -0.25) is 19.5 Å². The van der Waals surface area contributed by atoms with E-state index in [1.165, 1.54) is 37.0 Å². The number of hydrogen-bond donors (Lipinski definition) is 2. The topological polar surface area (TPSA) is 83.0 Å². The van der Waals surface area contributed by atoms with Crippen molar-refractivity contribution in [1.82, 2.24) is 15.5 Å². The van der Waals surface area contributed by atoms with Crippen LogP contribution in [0.4, 0.5) is 0 Å². The van der Waals surface area contributed by atoms with Crippen LogP contribution in [-0.2, 0) is 4.74 Å². The summed E-state index contributed by atoms with van der Waals surface area (Å²) in [5.41, 5.74) is 1.02. The standard InChI is InChI=1S/C23H34N4O3/c1-24-23(26-15-9-17-30-18-10-3-2-4-11-18)25-14-7-8-16-27-21(28)19-12-5-6-13-20(19)22(27)29/h5-6,12-13,18H,2-4,7-11,14-17H2,1H3,(H2,24,25,26). The molecule has 7 heteroatoms. The molecule has 164 valence electrons. The number of benzene rings is 1. The Hall–Kier alpha value is -2.41. The molecule has 0 radical (unpaired) electrons. The Morgan fingerprint density at radius 3 is 2.27 bits per heavy atom. The summed E-state index contributed by atoms with van der Waals surface area (Å²) in [4.78, 5) is 30.3. The minimum Gasteiger partial charge on any atom is -0.378 e. The van der Waals surface area contributed by atoms with Gasteiger partial charge in [-0.15, -0.1) is 0 Å². The number of aliphatic imine (C=N–C) groups is 1. The van der Waals surface area contributed by atoms with Crippen molar-refractivity contribution in [2.75, 3.05) is 33.3 Å². The Morgan fingerprint density at radius 2 is 1.63 bits per heavy atom. The van der Waals surface area contributed by atoms with E-state index >= 15 is 0 Å². The predicted molar refractivity (Wildman–Crippen MR) is 118 cm³/mol. The molecule has 0 spiro atoms. The van der Waals surface area contributed by atoms with E-state index in [-0.39, 0.29) is 11.8 Å². The number of carbonyl (C=O) groups excluding carboxylic acids is 2. The van der Waals surface area contributed by atoms with Crippen LogP contribution >= 0.6 is 0 Å². The molecule has 1 heterocycles. The third kappa shape index (κ3) is 6.05. The summed E-state index contributed by atoms with van der Waals surface area (Å²) in [6.45, 7) is 2.79. The van der Waals surface area contributed by atoms with Crippen molar-refractivity contribution in [2.24, 2.45) is 4.99 Å². The highest BCUT2D eigenvalue weighted by Crippen LogP contribution is 2.22. The van der Waals surface area contributed by atoms with Gasteiger partial charge in [-0.1, -0.05) is 31.4 Å².